The first kappa shape index (κ1) is 12.4. The van der Waals surface area contributed by atoms with Gasteiger partial charge in [0.05, 0.1) is 10.7 Å². The third-order valence-corrected chi connectivity index (χ3v) is 2.65. The Bertz CT molecular complexity index is 586. The van der Waals surface area contributed by atoms with E-state index in [1.165, 1.54) is 12.3 Å². The van der Waals surface area contributed by atoms with Crippen LogP contribution >= 0.6 is 11.6 Å². The lowest BCUT2D eigenvalue weighted by Gasteiger charge is -2.03. The lowest BCUT2D eigenvalue weighted by molar-refractivity contribution is 0.0467. The lowest BCUT2D eigenvalue weighted by Crippen LogP contribution is -2.16. The summed E-state index contributed by atoms with van der Waals surface area (Å²) < 4.78 is 6.56. The van der Waals surface area contributed by atoms with Crippen molar-refractivity contribution in [3.05, 3.63) is 47.0 Å². The van der Waals surface area contributed by atoms with Gasteiger partial charge in [0, 0.05) is 19.4 Å². The highest BCUT2D eigenvalue weighted by Crippen LogP contribution is 2.10. The second kappa shape index (κ2) is 5.10. The van der Waals surface area contributed by atoms with Crippen molar-refractivity contribution in [3.8, 4) is 0 Å². The summed E-state index contributed by atoms with van der Waals surface area (Å²) in [6.45, 7) is -0.298. The lowest BCUT2D eigenvalue weighted by atomic mass is 10.3. The number of hydrogen-bond acceptors (Lipinski definition) is 3. The van der Waals surface area contributed by atoms with Crippen LogP contribution in [0.15, 0.2) is 30.6 Å². The number of esters is 1. The van der Waals surface area contributed by atoms with E-state index in [0.29, 0.717) is 10.7 Å². The molecule has 0 saturated heterocycles. The second-order valence-corrected chi connectivity index (χ2v) is 4.17. The Hall–Kier alpha value is -2.01. The zero-order valence-corrected chi connectivity index (χ0v) is 10.4. The molecule has 0 bridgehead atoms. The maximum Gasteiger partial charge on any atom is 0.355 e. The summed E-state index contributed by atoms with van der Waals surface area (Å²) in [4.78, 5) is 25.9. The highest BCUT2D eigenvalue weighted by atomic mass is 35.5. The summed E-state index contributed by atoms with van der Waals surface area (Å²) in [5.74, 6) is -0.863. The molecule has 0 spiro atoms. The molecule has 0 aliphatic rings. The molecule has 2 rings (SSSR count). The maximum absolute atomic E-state index is 11.7. The molecule has 18 heavy (non-hydrogen) atoms. The fourth-order valence-electron chi connectivity index (χ4n) is 1.52. The molecular formula is C12H11ClN2O3. The highest BCUT2D eigenvalue weighted by Gasteiger charge is 2.14. The minimum absolute atomic E-state index is 0.222. The van der Waals surface area contributed by atoms with E-state index in [9.17, 15) is 9.59 Å². The molecule has 5 nitrogen and oxygen atoms in total. The Kier molecular flexibility index (Phi) is 3.53. The van der Waals surface area contributed by atoms with Gasteiger partial charge in [0.15, 0.2) is 6.61 Å². The third kappa shape index (κ3) is 2.62. The van der Waals surface area contributed by atoms with Gasteiger partial charge in [0.1, 0.15) is 5.69 Å². The summed E-state index contributed by atoms with van der Waals surface area (Å²) in [5, 5.41) is 0.413. The van der Waals surface area contributed by atoms with Crippen molar-refractivity contribution in [1.29, 1.82) is 0 Å². The van der Waals surface area contributed by atoms with Crippen molar-refractivity contribution in [3.63, 3.8) is 0 Å². The van der Waals surface area contributed by atoms with Crippen LogP contribution in [0.1, 0.15) is 21.0 Å². The second-order valence-electron chi connectivity index (χ2n) is 3.74. The molecular weight excluding hydrogens is 256 g/mol. The average Bonchev–Trinajstić information content (AvgIpc) is 2.94. The fraction of sp³-hybridized carbons (Fsp3) is 0.167. The molecule has 2 aromatic rings. The zero-order valence-electron chi connectivity index (χ0n) is 9.64. The Morgan fingerprint density at radius 1 is 1.50 bits per heavy atom. The van der Waals surface area contributed by atoms with E-state index in [-0.39, 0.29) is 18.1 Å². The number of Topliss-reactive ketones (excluding diaryl/α,β-unsaturated/α-hetero) is 1. The molecule has 94 valence electrons. The molecule has 2 aromatic heterocycles. The van der Waals surface area contributed by atoms with Crippen molar-refractivity contribution >= 4 is 23.4 Å². The summed E-state index contributed by atoms with van der Waals surface area (Å²) >= 11 is 5.66. The van der Waals surface area contributed by atoms with Gasteiger partial charge in [-0.15, -0.1) is 0 Å². The summed E-state index contributed by atoms with van der Waals surface area (Å²) in [5.41, 5.74) is 0.715. The number of rotatable bonds is 4. The SMILES string of the molecule is Cn1cccc1C(=O)COC(=O)c1cc(Cl)c[nH]1. The Labute approximate surface area is 108 Å². The number of aryl methyl sites for hydroxylation is 1. The molecule has 0 atom stereocenters. The molecule has 0 unspecified atom stereocenters. The van der Waals surface area contributed by atoms with Gasteiger partial charge in [-0.1, -0.05) is 11.6 Å². The number of carbonyl (C=O) groups is 2. The molecule has 0 aromatic carbocycles. The molecule has 0 aliphatic carbocycles. The number of halogens is 1. The van der Waals surface area contributed by atoms with Crippen LogP contribution in [0.3, 0.4) is 0 Å². The fourth-order valence-corrected chi connectivity index (χ4v) is 1.68. The molecule has 0 fully saturated rings. The molecule has 0 aliphatic heterocycles. The molecule has 0 saturated carbocycles. The average molecular weight is 267 g/mol. The van der Waals surface area contributed by atoms with Crippen LogP contribution in [0.4, 0.5) is 0 Å². The predicted molar refractivity (Wildman–Crippen MR) is 65.8 cm³/mol. The van der Waals surface area contributed by atoms with Crippen molar-refractivity contribution in [2.45, 2.75) is 0 Å². The first-order valence-corrected chi connectivity index (χ1v) is 5.61. The van der Waals surface area contributed by atoms with E-state index in [0.717, 1.165) is 0 Å². The van der Waals surface area contributed by atoms with Crippen LogP contribution in [-0.2, 0) is 11.8 Å². The van der Waals surface area contributed by atoms with Gasteiger partial charge in [-0.3, -0.25) is 4.79 Å². The number of hydrogen-bond donors (Lipinski definition) is 1. The van der Waals surface area contributed by atoms with Gasteiger partial charge < -0.3 is 14.3 Å². The van der Waals surface area contributed by atoms with Crippen molar-refractivity contribution in [2.24, 2.45) is 7.05 Å². The minimum Gasteiger partial charge on any atom is -0.453 e. The Morgan fingerprint density at radius 2 is 2.28 bits per heavy atom. The van der Waals surface area contributed by atoms with Gasteiger partial charge in [-0.25, -0.2) is 4.79 Å². The first-order chi connectivity index (χ1) is 8.58. The molecule has 0 radical (unpaired) electrons. The van der Waals surface area contributed by atoms with E-state index in [4.69, 9.17) is 16.3 Å². The highest BCUT2D eigenvalue weighted by molar-refractivity contribution is 6.30. The third-order valence-electron chi connectivity index (χ3n) is 2.43. The molecule has 2 heterocycles. The Morgan fingerprint density at radius 3 is 2.83 bits per heavy atom. The first-order valence-electron chi connectivity index (χ1n) is 5.23. The van der Waals surface area contributed by atoms with Gasteiger partial charge in [-0.05, 0) is 18.2 Å². The van der Waals surface area contributed by atoms with E-state index in [1.807, 2.05) is 0 Å². The van der Waals surface area contributed by atoms with E-state index in [2.05, 4.69) is 4.98 Å². The van der Waals surface area contributed by atoms with E-state index in [1.54, 1.807) is 29.9 Å². The largest absolute Gasteiger partial charge is 0.453 e. The number of nitrogens with zero attached hydrogens (tertiary/aromatic N) is 1. The summed E-state index contributed by atoms with van der Waals surface area (Å²) in [7, 11) is 1.75. The number of nitrogens with one attached hydrogen (secondary N) is 1. The topological polar surface area (TPSA) is 64.1 Å². The monoisotopic (exact) mass is 266 g/mol. The number of ether oxygens (including phenoxy) is 1. The normalized spacial score (nSPS) is 10.3. The van der Waals surface area contributed by atoms with Gasteiger partial charge in [0.2, 0.25) is 5.78 Å². The maximum atomic E-state index is 11.7. The van der Waals surface area contributed by atoms with Crippen molar-refractivity contribution < 1.29 is 14.3 Å². The number of ketones is 1. The smallest absolute Gasteiger partial charge is 0.355 e. The van der Waals surface area contributed by atoms with Gasteiger partial charge in [0.25, 0.3) is 0 Å². The molecule has 0 amide bonds. The van der Waals surface area contributed by atoms with Crippen LogP contribution in [0, 0.1) is 0 Å². The quantitative estimate of drug-likeness (QED) is 0.680. The van der Waals surface area contributed by atoms with Crippen molar-refractivity contribution in [1.82, 2.24) is 9.55 Å². The van der Waals surface area contributed by atoms with E-state index >= 15 is 0 Å². The summed E-state index contributed by atoms with van der Waals surface area (Å²) in [6, 6.07) is 4.86. The van der Waals surface area contributed by atoms with Gasteiger partial charge in [-0.2, -0.15) is 0 Å². The minimum atomic E-state index is -0.607. The number of aromatic amines is 1. The van der Waals surface area contributed by atoms with Crippen LogP contribution in [-0.4, -0.2) is 27.9 Å². The van der Waals surface area contributed by atoms with Crippen LogP contribution in [0.25, 0.3) is 0 Å². The number of carbonyl (C=O) groups excluding carboxylic acids is 2. The van der Waals surface area contributed by atoms with Crippen LogP contribution in [0.5, 0.6) is 0 Å². The number of aromatic nitrogens is 2. The number of H-pyrrole nitrogens is 1. The predicted octanol–water partition coefficient (Wildman–Crippen LogP) is 2.05. The van der Waals surface area contributed by atoms with Crippen LogP contribution < -0.4 is 0 Å². The van der Waals surface area contributed by atoms with E-state index < -0.39 is 5.97 Å². The van der Waals surface area contributed by atoms with Gasteiger partial charge >= 0.3 is 5.97 Å². The molecule has 6 heteroatoms. The zero-order chi connectivity index (χ0) is 13.1. The summed E-state index contributed by atoms with van der Waals surface area (Å²) in [6.07, 6.45) is 3.22. The Balaban J connectivity index is 1.94. The van der Waals surface area contributed by atoms with Crippen molar-refractivity contribution in [2.75, 3.05) is 6.61 Å². The van der Waals surface area contributed by atoms with Crippen LogP contribution in [0.2, 0.25) is 5.02 Å². The molecule has 1 N–H and O–H groups in total. The standard InChI is InChI=1S/C12H11ClN2O3/c1-15-4-2-3-10(15)11(16)7-18-12(17)9-5-8(13)6-14-9/h2-6,14H,7H2,1H3.